The number of benzene rings is 2. The van der Waals surface area contributed by atoms with Crippen molar-refractivity contribution in [3.8, 4) is 17.2 Å². The largest absolute Gasteiger partial charge is 0.419 e. The van der Waals surface area contributed by atoms with Crippen molar-refractivity contribution in [3.05, 3.63) is 76.5 Å². The number of aryl methyl sites for hydroxylation is 1. The summed E-state index contributed by atoms with van der Waals surface area (Å²) in [4.78, 5) is 24.0. The number of oxazole rings is 1. The molecule has 9 nitrogen and oxygen atoms in total. The number of carbonyl (C=O) groups excluding carboxylic acids is 1. The second-order valence-electron chi connectivity index (χ2n) is 7.59. The average molecular weight is 430 g/mol. The fraction of sp³-hybridized carbons (Fsp3) is 0.217. The summed E-state index contributed by atoms with van der Waals surface area (Å²) in [5.41, 5.74) is 10.8. The smallest absolute Gasteiger partial charge is 0.408 e. The summed E-state index contributed by atoms with van der Waals surface area (Å²) in [6.07, 6.45) is 2.26. The van der Waals surface area contributed by atoms with Crippen molar-refractivity contribution in [3.63, 3.8) is 0 Å². The zero-order chi connectivity index (χ0) is 22.7. The number of aromatic amines is 1. The lowest BCUT2D eigenvalue weighted by atomic mass is 10.0. The number of rotatable bonds is 7. The molecule has 4 aromatic rings. The highest BCUT2D eigenvalue weighted by Crippen LogP contribution is 2.24. The Labute approximate surface area is 183 Å². The van der Waals surface area contributed by atoms with Crippen LogP contribution in [0.4, 0.5) is 0 Å². The summed E-state index contributed by atoms with van der Waals surface area (Å²) in [6.45, 7) is 0. The molecule has 9 heteroatoms. The Morgan fingerprint density at radius 2 is 1.97 bits per heavy atom. The van der Waals surface area contributed by atoms with Crippen molar-refractivity contribution in [2.45, 2.75) is 24.9 Å². The first-order chi connectivity index (χ1) is 15.4. The number of hydrogen-bond donors (Lipinski definition) is 3. The van der Waals surface area contributed by atoms with Gasteiger partial charge in [-0.15, -0.1) is 0 Å². The summed E-state index contributed by atoms with van der Waals surface area (Å²) in [5, 5.41) is 18.8. The molecular formula is C23H22N6O3. The molecule has 1 unspecified atom stereocenters. The molecule has 2 atom stereocenters. The van der Waals surface area contributed by atoms with Crippen LogP contribution in [0.15, 0.2) is 63.9 Å². The molecule has 4 rings (SSSR count). The molecule has 4 N–H and O–H groups in total. The van der Waals surface area contributed by atoms with Crippen molar-refractivity contribution in [2.75, 3.05) is 0 Å². The molecule has 162 valence electrons. The highest BCUT2D eigenvalue weighted by molar-refractivity contribution is 5.82. The van der Waals surface area contributed by atoms with Crippen LogP contribution in [0.1, 0.15) is 11.3 Å². The van der Waals surface area contributed by atoms with Crippen molar-refractivity contribution >= 4 is 17.0 Å². The molecule has 0 aliphatic heterocycles. The first-order valence-corrected chi connectivity index (χ1v) is 10.1. The quantitative estimate of drug-likeness (QED) is 0.407. The Balaban J connectivity index is 1.42. The molecule has 0 radical (unpaired) electrons. The number of nitrogens with one attached hydrogen (secondary N) is 2. The highest BCUT2D eigenvalue weighted by atomic mass is 16.4. The van der Waals surface area contributed by atoms with Gasteiger partial charge < -0.3 is 15.5 Å². The van der Waals surface area contributed by atoms with Crippen LogP contribution in [-0.2, 0) is 24.7 Å². The zero-order valence-corrected chi connectivity index (χ0v) is 17.4. The van der Waals surface area contributed by atoms with Gasteiger partial charge in [-0.2, -0.15) is 10.4 Å². The van der Waals surface area contributed by atoms with Crippen molar-refractivity contribution < 1.29 is 9.21 Å². The lowest BCUT2D eigenvalue weighted by Gasteiger charge is -2.16. The van der Waals surface area contributed by atoms with Gasteiger partial charge in [-0.25, -0.2) is 4.79 Å². The van der Waals surface area contributed by atoms with Crippen LogP contribution >= 0.6 is 0 Å². The number of nitrogens with two attached hydrogens (primary N) is 1. The summed E-state index contributed by atoms with van der Waals surface area (Å²) in [7, 11) is 1.66. The Bertz CT molecular complexity index is 1330. The van der Waals surface area contributed by atoms with E-state index in [1.54, 1.807) is 25.4 Å². The van der Waals surface area contributed by atoms with Gasteiger partial charge in [0.2, 0.25) is 5.91 Å². The predicted molar refractivity (Wildman–Crippen MR) is 118 cm³/mol. The van der Waals surface area contributed by atoms with Crippen molar-refractivity contribution in [1.29, 1.82) is 5.26 Å². The van der Waals surface area contributed by atoms with E-state index in [1.807, 2.05) is 36.4 Å². The molecule has 2 aromatic heterocycles. The molecular weight excluding hydrogens is 408 g/mol. The van der Waals surface area contributed by atoms with E-state index in [9.17, 15) is 14.9 Å². The monoisotopic (exact) mass is 430 g/mol. The minimum Gasteiger partial charge on any atom is -0.408 e. The Hall–Kier alpha value is -4.16. The van der Waals surface area contributed by atoms with Gasteiger partial charge in [0.15, 0.2) is 5.58 Å². The number of H-pyrrole nitrogens is 1. The van der Waals surface area contributed by atoms with E-state index in [-0.39, 0.29) is 5.91 Å². The topological polar surface area (TPSA) is 143 Å². The van der Waals surface area contributed by atoms with Gasteiger partial charge >= 0.3 is 5.76 Å². The molecule has 1 amide bonds. The van der Waals surface area contributed by atoms with Crippen LogP contribution in [0.3, 0.4) is 0 Å². The lowest BCUT2D eigenvalue weighted by molar-refractivity contribution is -0.122. The SMILES string of the molecule is Cn1c(=O)oc2ccc(-c3ccc(C[C@@H](C#N)NC(=O)C(N)Cc4ccn[nH]4)cc3)cc21. The third-order valence-electron chi connectivity index (χ3n) is 5.33. The van der Waals surface area contributed by atoms with Crippen LogP contribution in [-0.4, -0.2) is 32.8 Å². The van der Waals surface area contributed by atoms with E-state index in [0.29, 0.717) is 18.4 Å². The Kier molecular flexibility index (Phi) is 5.87. The minimum atomic E-state index is -0.775. The molecule has 0 aliphatic carbocycles. The van der Waals surface area contributed by atoms with Gasteiger partial charge in [0.1, 0.15) is 6.04 Å². The van der Waals surface area contributed by atoms with Gasteiger partial charge in [-0.3, -0.25) is 14.5 Å². The normalized spacial score (nSPS) is 12.9. The van der Waals surface area contributed by atoms with Crippen LogP contribution in [0.25, 0.3) is 22.2 Å². The number of hydrogen-bond acceptors (Lipinski definition) is 6. The minimum absolute atomic E-state index is 0.311. The van der Waals surface area contributed by atoms with E-state index >= 15 is 0 Å². The Morgan fingerprint density at radius 3 is 2.66 bits per heavy atom. The standard InChI is InChI=1S/C23H22N6O3/c1-29-20-11-16(6-7-21(20)32-23(29)31)15-4-2-14(3-5-15)10-18(13-24)27-22(30)19(25)12-17-8-9-26-28-17/h2-9,11,18-19H,10,12,25H2,1H3,(H,26,28)(H,27,30)/t18-,19?/m0/s1. The third-order valence-corrected chi connectivity index (χ3v) is 5.33. The Morgan fingerprint density at radius 1 is 1.22 bits per heavy atom. The summed E-state index contributed by atoms with van der Waals surface area (Å²) in [5.74, 6) is -0.789. The van der Waals surface area contributed by atoms with Crippen LogP contribution < -0.4 is 16.8 Å². The maximum absolute atomic E-state index is 12.4. The number of nitriles is 1. The lowest BCUT2D eigenvalue weighted by Crippen LogP contribution is -2.46. The van der Waals surface area contributed by atoms with Crippen LogP contribution in [0, 0.1) is 11.3 Å². The summed E-state index contributed by atoms with van der Waals surface area (Å²) < 4.78 is 6.63. The molecule has 2 heterocycles. The van der Waals surface area contributed by atoms with E-state index in [4.69, 9.17) is 10.2 Å². The second-order valence-corrected chi connectivity index (χ2v) is 7.59. The fourth-order valence-electron chi connectivity index (χ4n) is 3.51. The first-order valence-electron chi connectivity index (χ1n) is 10.1. The van der Waals surface area contributed by atoms with Gasteiger partial charge in [-0.05, 0) is 34.9 Å². The number of aromatic nitrogens is 3. The van der Waals surface area contributed by atoms with Crippen molar-refractivity contribution in [2.24, 2.45) is 12.8 Å². The van der Waals surface area contributed by atoms with Gasteiger partial charge in [0.25, 0.3) is 0 Å². The number of amides is 1. The molecule has 32 heavy (non-hydrogen) atoms. The van der Waals surface area contributed by atoms with Gasteiger partial charge in [0.05, 0.1) is 17.6 Å². The average Bonchev–Trinajstić information content (AvgIpc) is 3.41. The fourth-order valence-corrected chi connectivity index (χ4v) is 3.51. The molecule has 0 saturated heterocycles. The van der Waals surface area contributed by atoms with Crippen LogP contribution in [0.5, 0.6) is 0 Å². The van der Waals surface area contributed by atoms with Crippen molar-refractivity contribution in [1.82, 2.24) is 20.1 Å². The molecule has 0 fully saturated rings. The molecule has 0 bridgehead atoms. The number of carbonyl (C=O) groups is 1. The second kappa shape index (κ2) is 8.91. The van der Waals surface area contributed by atoms with E-state index < -0.39 is 17.8 Å². The zero-order valence-electron chi connectivity index (χ0n) is 17.4. The van der Waals surface area contributed by atoms with E-state index in [0.717, 1.165) is 27.9 Å². The van der Waals surface area contributed by atoms with Gasteiger partial charge in [-0.1, -0.05) is 30.3 Å². The van der Waals surface area contributed by atoms with E-state index in [1.165, 1.54) is 4.57 Å². The highest BCUT2D eigenvalue weighted by Gasteiger charge is 2.19. The maximum atomic E-state index is 12.4. The number of fused-ring (bicyclic) bond motifs is 1. The molecule has 0 spiro atoms. The first kappa shape index (κ1) is 21.1. The summed E-state index contributed by atoms with van der Waals surface area (Å²) >= 11 is 0. The predicted octanol–water partition coefficient (Wildman–Crippen LogP) is 1.64. The molecule has 2 aromatic carbocycles. The summed E-state index contributed by atoms with van der Waals surface area (Å²) in [6, 6.07) is 15.7. The maximum Gasteiger partial charge on any atom is 0.419 e. The third kappa shape index (κ3) is 4.45. The van der Waals surface area contributed by atoms with Gasteiger partial charge in [0, 0.05) is 31.8 Å². The molecule has 0 aliphatic rings. The van der Waals surface area contributed by atoms with Crippen LogP contribution in [0.2, 0.25) is 0 Å². The molecule has 0 saturated carbocycles. The number of nitrogens with zero attached hydrogens (tertiary/aromatic N) is 3. The van der Waals surface area contributed by atoms with E-state index in [2.05, 4.69) is 21.6 Å².